The van der Waals surface area contributed by atoms with Crippen LogP contribution in [0.15, 0.2) is 0 Å². The lowest BCUT2D eigenvalue weighted by atomic mass is 9.84. The lowest BCUT2D eigenvalue weighted by Gasteiger charge is -2.22. The molecular formula is C12H20O2. The lowest BCUT2D eigenvalue weighted by molar-refractivity contribution is 0.0254. The van der Waals surface area contributed by atoms with Crippen molar-refractivity contribution in [3.8, 4) is 11.8 Å². The van der Waals surface area contributed by atoms with Crippen LogP contribution in [0.1, 0.15) is 34.1 Å². The third kappa shape index (κ3) is 2.29. The van der Waals surface area contributed by atoms with Crippen molar-refractivity contribution < 1.29 is 9.84 Å². The van der Waals surface area contributed by atoms with E-state index in [1.807, 2.05) is 6.92 Å². The largest absolute Gasteiger partial charge is 0.392 e. The highest BCUT2D eigenvalue weighted by molar-refractivity contribution is 5.00. The third-order valence-corrected chi connectivity index (χ3v) is 3.25. The molecule has 0 aromatic carbocycles. The molecule has 2 heteroatoms. The molecule has 1 aliphatic rings. The van der Waals surface area contributed by atoms with Crippen LogP contribution in [0, 0.1) is 23.7 Å². The van der Waals surface area contributed by atoms with Crippen molar-refractivity contribution in [3.63, 3.8) is 0 Å². The van der Waals surface area contributed by atoms with Crippen LogP contribution in [0.25, 0.3) is 0 Å². The summed E-state index contributed by atoms with van der Waals surface area (Å²) in [5.41, 5.74) is 0. The van der Waals surface area contributed by atoms with Gasteiger partial charge in [-0.05, 0) is 26.7 Å². The van der Waals surface area contributed by atoms with Gasteiger partial charge >= 0.3 is 0 Å². The molecule has 0 bridgehead atoms. The number of aliphatic hydroxyl groups is 1. The van der Waals surface area contributed by atoms with E-state index < -0.39 is 0 Å². The van der Waals surface area contributed by atoms with Crippen molar-refractivity contribution in [2.45, 2.75) is 52.4 Å². The van der Waals surface area contributed by atoms with Crippen LogP contribution in [-0.2, 0) is 4.74 Å². The molecule has 0 saturated carbocycles. The molecule has 5 atom stereocenters. The molecule has 80 valence electrons. The summed E-state index contributed by atoms with van der Waals surface area (Å²) < 4.78 is 5.68. The monoisotopic (exact) mass is 196 g/mol. The van der Waals surface area contributed by atoms with Gasteiger partial charge in [0, 0.05) is 12.3 Å². The van der Waals surface area contributed by atoms with Crippen LogP contribution in [0.5, 0.6) is 0 Å². The standard InChI is InChI=1S/C12H20O2/c1-5-6-7-11(13)12-8(2)9(3)14-10(12)4/h8-13H,7H2,1-4H3. The second-order valence-electron chi connectivity index (χ2n) is 4.18. The maximum absolute atomic E-state index is 9.96. The molecule has 1 aliphatic heterocycles. The summed E-state index contributed by atoms with van der Waals surface area (Å²) >= 11 is 0. The molecule has 1 N–H and O–H groups in total. The van der Waals surface area contributed by atoms with E-state index in [1.54, 1.807) is 6.92 Å². The molecule has 5 unspecified atom stereocenters. The van der Waals surface area contributed by atoms with Crippen molar-refractivity contribution in [1.82, 2.24) is 0 Å². The Labute approximate surface area is 86.7 Å². The van der Waals surface area contributed by atoms with E-state index in [1.165, 1.54) is 0 Å². The molecule has 1 heterocycles. The Morgan fingerprint density at radius 1 is 1.29 bits per heavy atom. The number of rotatable bonds is 2. The van der Waals surface area contributed by atoms with Gasteiger partial charge in [-0.1, -0.05) is 6.92 Å². The minimum atomic E-state index is -0.350. The summed E-state index contributed by atoms with van der Waals surface area (Å²) in [5.74, 6) is 6.38. The molecule has 1 fully saturated rings. The second-order valence-corrected chi connectivity index (χ2v) is 4.18. The molecule has 0 amide bonds. The molecular weight excluding hydrogens is 176 g/mol. The highest BCUT2D eigenvalue weighted by Gasteiger charge is 2.40. The predicted octanol–water partition coefficient (Wildman–Crippen LogP) is 1.82. The van der Waals surface area contributed by atoms with Crippen LogP contribution in [0.3, 0.4) is 0 Å². The van der Waals surface area contributed by atoms with Gasteiger partial charge in [-0.25, -0.2) is 0 Å². The van der Waals surface area contributed by atoms with Gasteiger partial charge in [0.25, 0.3) is 0 Å². The smallest absolute Gasteiger partial charge is 0.0705 e. The van der Waals surface area contributed by atoms with E-state index >= 15 is 0 Å². The van der Waals surface area contributed by atoms with Gasteiger partial charge in [0.2, 0.25) is 0 Å². The normalized spacial score (nSPS) is 38.9. The first-order valence-corrected chi connectivity index (χ1v) is 5.31. The van der Waals surface area contributed by atoms with Crippen LogP contribution in [0.2, 0.25) is 0 Å². The minimum Gasteiger partial charge on any atom is -0.392 e. The number of aliphatic hydroxyl groups excluding tert-OH is 1. The maximum atomic E-state index is 9.96. The molecule has 1 rings (SSSR count). The van der Waals surface area contributed by atoms with Gasteiger partial charge in [-0.15, -0.1) is 11.8 Å². The van der Waals surface area contributed by atoms with E-state index in [0.717, 1.165) is 0 Å². The Morgan fingerprint density at radius 3 is 2.36 bits per heavy atom. The minimum absolute atomic E-state index is 0.147. The number of ether oxygens (including phenoxy) is 1. The Morgan fingerprint density at radius 2 is 1.93 bits per heavy atom. The Bertz CT molecular complexity index is 238. The third-order valence-electron chi connectivity index (χ3n) is 3.25. The molecule has 2 nitrogen and oxygen atoms in total. The van der Waals surface area contributed by atoms with Gasteiger partial charge in [-0.3, -0.25) is 0 Å². The molecule has 0 aromatic heterocycles. The van der Waals surface area contributed by atoms with Crippen LogP contribution in [0.4, 0.5) is 0 Å². The highest BCUT2D eigenvalue weighted by Crippen LogP contribution is 2.35. The van der Waals surface area contributed by atoms with Crippen LogP contribution < -0.4 is 0 Å². The zero-order chi connectivity index (χ0) is 10.7. The van der Waals surface area contributed by atoms with Crippen molar-refractivity contribution >= 4 is 0 Å². The Hall–Kier alpha value is -0.520. The molecule has 0 radical (unpaired) electrons. The van der Waals surface area contributed by atoms with Crippen LogP contribution in [-0.4, -0.2) is 23.4 Å². The molecule has 0 aromatic rings. The fourth-order valence-electron chi connectivity index (χ4n) is 2.30. The van der Waals surface area contributed by atoms with Crippen molar-refractivity contribution in [2.75, 3.05) is 0 Å². The molecule has 0 aliphatic carbocycles. The zero-order valence-electron chi connectivity index (χ0n) is 9.45. The van der Waals surface area contributed by atoms with Crippen LogP contribution >= 0.6 is 0 Å². The number of hydrogen-bond donors (Lipinski definition) is 1. The van der Waals surface area contributed by atoms with Crippen molar-refractivity contribution in [1.29, 1.82) is 0 Å². The lowest BCUT2D eigenvalue weighted by Crippen LogP contribution is -2.30. The number of hydrogen-bond acceptors (Lipinski definition) is 2. The topological polar surface area (TPSA) is 29.5 Å². The highest BCUT2D eigenvalue weighted by atomic mass is 16.5. The summed E-state index contributed by atoms with van der Waals surface area (Å²) in [5, 5.41) is 9.96. The Kier molecular flexibility index (Phi) is 3.97. The van der Waals surface area contributed by atoms with E-state index in [4.69, 9.17) is 4.74 Å². The van der Waals surface area contributed by atoms with Crippen molar-refractivity contribution in [2.24, 2.45) is 11.8 Å². The van der Waals surface area contributed by atoms with Gasteiger partial charge in [0.15, 0.2) is 0 Å². The SMILES string of the molecule is CC#CCC(O)C1C(C)OC(C)C1C. The summed E-state index contributed by atoms with van der Waals surface area (Å²) in [4.78, 5) is 0. The second kappa shape index (κ2) is 4.82. The van der Waals surface area contributed by atoms with Gasteiger partial charge in [-0.2, -0.15) is 0 Å². The first kappa shape index (κ1) is 11.6. The van der Waals surface area contributed by atoms with Gasteiger partial charge in [0.05, 0.1) is 18.3 Å². The predicted molar refractivity (Wildman–Crippen MR) is 56.7 cm³/mol. The quantitative estimate of drug-likeness (QED) is 0.683. The van der Waals surface area contributed by atoms with E-state index in [9.17, 15) is 5.11 Å². The van der Waals surface area contributed by atoms with E-state index in [2.05, 4.69) is 25.7 Å². The fraction of sp³-hybridized carbons (Fsp3) is 0.833. The van der Waals surface area contributed by atoms with E-state index in [-0.39, 0.29) is 24.2 Å². The first-order chi connectivity index (χ1) is 6.57. The molecule has 14 heavy (non-hydrogen) atoms. The zero-order valence-corrected chi connectivity index (χ0v) is 9.45. The summed E-state index contributed by atoms with van der Waals surface area (Å²) in [6.07, 6.45) is 0.608. The summed E-state index contributed by atoms with van der Waals surface area (Å²) in [6, 6.07) is 0. The first-order valence-electron chi connectivity index (χ1n) is 5.31. The van der Waals surface area contributed by atoms with Crippen molar-refractivity contribution in [3.05, 3.63) is 0 Å². The summed E-state index contributed by atoms with van der Waals surface area (Å²) in [7, 11) is 0. The average Bonchev–Trinajstić information content (AvgIpc) is 2.38. The molecule has 0 spiro atoms. The van der Waals surface area contributed by atoms with Gasteiger partial charge in [0.1, 0.15) is 0 Å². The maximum Gasteiger partial charge on any atom is 0.0705 e. The van der Waals surface area contributed by atoms with Gasteiger partial charge < -0.3 is 9.84 Å². The summed E-state index contributed by atoms with van der Waals surface area (Å²) in [6.45, 7) is 8.04. The van der Waals surface area contributed by atoms with E-state index in [0.29, 0.717) is 12.3 Å². The Balaban J connectivity index is 2.60. The molecule has 1 saturated heterocycles. The average molecular weight is 196 g/mol. The fourth-order valence-corrected chi connectivity index (χ4v) is 2.30.